The summed E-state index contributed by atoms with van der Waals surface area (Å²) in [6, 6.07) is 5.33. The molecule has 0 fully saturated rings. The molecule has 1 aromatic rings. The van der Waals surface area contributed by atoms with Crippen molar-refractivity contribution in [3.8, 4) is 5.75 Å². The molecule has 0 radical (unpaired) electrons. The van der Waals surface area contributed by atoms with Gasteiger partial charge in [0.05, 0.1) is 19.1 Å². The average molecular weight is 407 g/mol. The summed E-state index contributed by atoms with van der Waals surface area (Å²) in [7, 11) is -0.629. The topological polar surface area (TPSA) is 61.8 Å². The Morgan fingerprint density at radius 2 is 1.68 bits per heavy atom. The molecular weight excluding hydrogens is 372 g/mol. The Morgan fingerprint density at radius 1 is 1.07 bits per heavy atom. The van der Waals surface area contributed by atoms with Crippen molar-refractivity contribution in [1.29, 1.82) is 0 Å². The molecule has 1 rings (SSSR count). The van der Waals surface area contributed by atoms with Crippen LogP contribution in [0.2, 0.25) is 18.1 Å². The fourth-order valence-corrected chi connectivity index (χ4v) is 2.84. The lowest BCUT2D eigenvalue weighted by Crippen LogP contribution is -2.40. The van der Waals surface area contributed by atoms with Crippen LogP contribution in [0, 0.1) is 5.41 Å². The van der Waals surface area contributed by atoms with Crippen LogP contribution in [0.15, 0.2) is 24.3 Å². The second kappa shape index (κ2) is 9.05. The summed E-state index contributed by atoms with van der Waals surface area (Å²) in [6.07, 6.45) is 3.05. The van der Waals surface area contributed by atoms with Crippen LogP contribution in [-0.2, 0) is 25.4 Å². The quantitative estimate of drug-likeness (QED) is 0.276. The number of methoxy groups -OCH3 is 1. The van der Waals surface area contributed by atoms with E-state index in [-0.39, 0.29) is 11.0 Å². The second-order valence-electron chi connectivity index (χ2n) is 9.41. The van der Waals surface area contributed by atoms with E-state index in [1.807, 2.05) is 26.8 Å². The van der Waals surface area contributed by atoms with Crippen LogP contribution < -0.4 is 4.74 Å². The van der Waals surface area contributed by atoms with Crippen LogP contribution in [0.3, 0.4) is 0 Å². The largest absolute Gasteiger partial charge is 0.466 e. The van der Waals surface area contributed by atoms with E-state index >= 15 is 0 Å². The molecule has 0 aliphatic heterocycles. The van der Waals surface area contributed by atoms with Crippen LogP contribution in [-0.4, -0.2) is 27.4 Å². The molecule has 0 aliphatic rings. The van der Waals surface area contributed by atoms with Crippen molar-refractivity contribution < 1.29 is 23.5 Å². The summed E-state index contributed by atoms with van der Waals surface area (Å²) >= 11 is 0. The molecule has 0 atom stereocenters. The molecule has 0 heterocycles. The Balaban J connectivity index is 3.18. The molecule has 0 saturated carbocycles. The molecule has 5 nitrogen and oxygen atoms in total. The molecule has 0 aliphatic carbocycles. The Kier molecular flexibility index (Phi) is 7.80. The van der Waals surface area contributed by atoms with E-state index in [9.17, 15) is 9.59 Å². The third-order valence-electron chi connectivity index (χ3n) is 4.93. The molecule has 0 bridgehead atoms. The Hall–Kier alpha value is -1.92. The number of ether oxygens (including phenoxy) is 2. The van der Waals surface area contributed by atoms with Gasteiger partial charge in [-0.3, -0.25) is 4.79 Å². The van der Waals surface area contributed by atoms with Crippen molar-refractivity contribution >= 4 is 26.3 Å². The number of hydrogen-bond acceptors (Lipinski definition) is 5. The number of carbonyl (C=O) groups is 2. The smallest absolute Gasteiger partial charge is 0.330 e. The number of rotatable bonds is 6. The first kappa shape index (κ1) is 24.1. The van der Waals surface area contributed by atoms with Gasteiger partial charge < -0.3 is 13.9 Å². The average Bonchev–Trinajstić information content (AvgIpc) is 2.56. The Morgan fingerprint density at radius 3 is 2.18 bits per heavy atom. The fourth-order valence-electron chi connectivity index (χ4n) is 1.89. The van der Waals surface area contributed by atoms with E-state index in [0.717, 1.165) is 11.1 Å². The highest BCUT2D eigenvalue weighted by molar-refractivity contribution is 6.74. The first-order chi connectivity index (χ1) is 12.7. The first-order valence-corrected chi connectivity index (χ1v) is 12.3. The molecule has 156 valence electrons. The molecule has 28 heavy (non-hydrogen) atoms. The van der Waals surface area contributed by atoms with E-state index in [1.54, 1.807) is 18.2 Å². The zero-order valence-corrected chi connectivity index (χ0v) is 19.6. The number of hydrogen-bond donors (Lipinski definition) is 0. The van der Waals surface area contributed by atoms with Gasteiger partial charge in [-0.05, 0) is 68.2 Å². The third-order valence-corrected chi connectivity index (χ3v) is 9.41. The van der Waals surface area contributed by atoms with E-state index in [2.05, 4.69) is 38.6 Å². The minimum Gasteiger partial charge on any atom is -0.466 e. The lowest BCUT2D eigenvalue weighted by atomic mass is 9.97. The van der Waals surface area contributed by atoms with Gasteiger partial charge >= 0.3 is 11.9 Å². The molecule has 0 unspecified atom stereocenters. The van der Waals surface area contributed by atoms with E-state index < -0.39 is 19.7 Å². The van der Waals surface area contributed by atoms with Gasteiger partial charge in [-0.15, -0.1) is 0 Å². The number of carbonyl (C=O) groups excluding carboxylic acids is 2. The SMILES string of the molecule is COC(=O)/C=C/c1ccc(OC(=O)C(C)(C)C)cc1CO[Si](C)(C)C(C)(C)C. The third kappa shape index (κ3) is 6.91. The van der Waals surface area contributed by atoms with Crippen molar-refractivity contribution in [2.45, 2.75) is 66.3 Å². The molecule has 0 N–H and O–H groups in total. The highest BCUT2D eigenvalue weighted by Crippen LogP contribution is 2.37. The summed E-state index contributed by atoms with van der Waals surface area (Å²) in [6.45, 7) is 16.7. The Labute approximate surface area is 170 Å². The van der Waals surface area contributed by atoms with Gasteiger partial charge in [0, 0.05) is 6.08 Å². The monoisotopic (exact) mass is 406 g/mol. The minimum absolute atomic E-state index is 0.0747. The molecule has 1 aromatic carbocycles. The van der Waals surface area contributed by atoms with E-state index in [1.165, 1.54) is 13.2 Å². The Bertz CT molecular complexity index is 736. The fraction of sp³-hybridized carbons (Fsp3) is 0.545. The maximum absolute atomic E-state index is 12.2. The summed E-state index contributed by atoms with van der Waals surface area (Å²) in [5.74, 6) is -0.273. The molecule has 0 amide bonds. The maximum Gasteiger partial charge on any atom is 0.330 e. The van der Waals surface area contributed by atoms with E-state index in [4.69, 9.17) is 9.16 Å². The summed E-state index contributed by atoms with van der Waals surface area (Å²) < 4.78 is 16.5. The van der Waals surface area contributed by atoms with Crippen molar-refractivity contribution in [3.63, 3.8) is 0 Å². The van der Waals surface area contributed by atoms with Crippen molar-refractivity contribution in [2.24, 2.45) is 5.41 Å². The zero-order valence-electron chi connectivity index (χ0n) is 18.6. The first-order valence-electron chi connectivity index (χ1n) is 9.42. The summed E-state index contributed by atoms with van der Waals surface area (Å²) in [5.41, 5.74) is 1.07. The van der Waals surface area contributed by atoms with Gasteiger partial charge in [0.15, 0.2) is 8.32 Å². The normalized spacial score (nSPS) is 12.9. The van der Waals surface area contributed by atoms with Crippen LogP contribution in [0.4, 0.5) is 0 Å². The number of esters is 2. The lowest BCUT2D eigenvalue weighted by Gasteiger charge is -2.36. The van der Waals surface area contributed by atoms with Gasteiger partial charge in [-0.2, -0.15) is 0 Å². The van der Waals surface area contributed by atoms with Crippen LogP contribution in [0.1, 0.15) is 52.7 Å². The van der Waals surface area contributed by atoms with Gasteiger partial charge in [0.2, 0.25) is 0 Å². The molecule has 0 saturated heterocycles. The molecule has 6 heteroatoms. The molecule has 0 spiro atoms. The highest BCUT2D eigenvalue weighted by Gasteiger charge is 2.37. The second-order valence-corrected chi connectivity index (χ2v) is 14.2. The molecular formula is C22H34O5Si. The van der Waals surface area contributed by atoms with Crippen molar-refractivity contribution in [2.75, 3.05) is 7.11 Å². The van der Waals surface area contributed by atoms with Crippen molar-refractivity contribution in [1.82, 2.24) is 0 Å². The predicted molar refractivity (Wildman–Crippen MR) is 115 cm³/mol. The van der Waals surface area contributed by atoms with Gasteiger partial charge in [-0.25, -0.2) is 4.79 Å². The van der Waals surface area contributed by atoms with E-state index in [0.29, 0.717) is 12.4 Å². The standard InChI is InChI=1S/C22H34O5Si/c1-21(2,3)20(24)27-18-12-10-16(11-13-19(23)25-7)17(14-18)15-26-28(8,9)22(4,5)6/h10-14H,15H2,1-9H3/b13-11+. The summed E-state index contributed by atoms with van der Waals surface area (Å²) in [5, 5.41) is 0.0747. The van der Waals surface area contributed by atoms with Crippen molar-refractivity contribution in [3.05, 3.63) is 35.4 Å². The highest BCUT2D eigenvalue weighted by atomic mass is 28.4. The van der Waals surface area contributed by atoms with Crippen LogP contribution >= 0.6 is 0 Å². The summed E-state index contributed by atoms with van der Waals surface area (Å²) in [4.78, 5) is 23.7. The number of benzene rings is 1. The van der Waals surface area contributed by atoms with Crippen LogP contribution in [0.25, 0.3) is 6.08 Å². The minimum atomic E-state index is -1.97. The van der Waals surface area contributed by atoms with Crippen LogP contribution in [0.5, 0.6) is 5.75 Å². The van der Waals surface area contributed by atoms with Gasteiger partial charge in [-0.1, -0.05) is 26.8 Å². The zero-order chi connectivity index (χ0) is 21.8. The van der Waals surface area contributed by atoms with Gasteiger partial charge in [0.1, 0.15) is 5.75 Å². The lowest BCUT2D eigenvalue weighted by molar-refractivity contribution is -0.143. The predicted octanol–water partition coefficient (Wildman–Crippen LogP) is 5.35. The molecule has 0 aromatic heterocycles. The van der Waals surface area contributed by atoms with Gasteiger partial charge in [0.25, 0.3) is 0 Å². The maximum atomic E-state index is 12.2.